The van der Waals surface area contributed by atoms with Crippen LogP contribution in [0.15, 0.2) is 18.2 Å². The number of piperazine rings is 1. The van der Waals surface area contributed by atoms with E-state index in [0.717, 1.165) is 30.3 Å². The van der Waals surface area contributed by atoms with E-state index in [1.165, 1.54) is 4.88 Å². The molecular formula is C17H19Cl2N3OS. The average molecular weight is 384 g/mol. The molecule has 3 rings (SSSR count). The number of nitrogens with zero attached hydrogens (tertiary/aromatic N) is 3. The molecule has 1 fully saturated rings. The molecule has 0 N–H and O–H groups in total. The maximum absolute atomic E-state index is 12.6. The summed E-state index contributed by atoms with van der Waals surface area (Å²) in [5.41, 5.74) is 1.59. The Balaban J connectivity index is 1.60. The number of halogens is 2. The third-order valence-electron chi connectivity index (χ3n) is 4.25. The van der Waals surface area contributed by atoms with E-state index in [1.807, 2.05) is 11.8 Å². The summed E-state index contributed by atoms with van der Waals surface area (Å²) in [4.78, 5) is 22.7. The van der Waals surface area contributed by atoms with Crippen LogP contribution in [0.25, 0.3) is 0 Å². The molecule has 24 heavy (non-hydrogen) atoms. The molecule has 0 bridgehead atoms. The average Bonchev–Trinajstić information content (AvgIpc) is 2.87. The number of aryl methyl sites for hydroxylation is 2. The Labute approximate surface area is 156 Å². The predicted octanol–water partition coefficient (Wildman–Crippen LogP) is 4.02. The van der Waals surface area contributed by atoms with E-state index in [0.29, 0.717) is 28.7 Å². The van der Waals surface area contributed by atoms with Crippen LogP contribution < -0.4 is 0 Å². The van der Waals surface area contributed by atoms with Crippen molar-refractivity contribution in [2.75, 3.05) is 26.2 Å². The van der Waals surface area contributed by atoms with Crippen molar-refractivity contribution in [1.82, 2.24) is 14.8 Å². The zero-order chi connectivity index (χ0) is 17.3. The van der Waals surface area contributed by atoms with Crippen molar-refractivity contribution < 1.29 is 4.79 Å². The minimum Gasteiger partial charge on any atom is -0.336 e. The minimum absolute atomic E-state index is 0.0527. The number of amides is 1. The summed E-state index contributed by atoms with van der Waals surface area (Å²) in [6, 6.07) is 5.00. The lowest BCUT2D eigenvalue weighted by Crippen LogP contribution is -2.48. The Morgan fingerprint density at radius 1 is 1.21 bits per heavy atom. The molecule has 2 aromatic rings. The third-order valence-corrected chi connectivity index (χ3v) is 5.87. The summed E-state index contributed by atoms with van der Waals surface area (Å²) in [6.45, 7) is 8.03. The number of hydrogen-bond acceptors (Lipinski definition) is 4. The molecule has 1 aromatic carbocycles. The Morgan fingerprint density at radius 2 is 1.92 bits per heavy atom. The van der Waals surface area contributed by atoms with Gasteiger partial charge in [0, 0.05) is 36.1 Å². The fourth-order valence-corrected chi connectivity index (χ4v) is 4.09. The van der Waals surface area contributed by atoms with E-state index >= 15 is 0 Å². The van der Waals surface area contributed by atoms with Crippen LogP contribution in [0.3, 0.4) is 0 Å². The zero-order valence-electron chi connectivity index (χ0n) is 13.7. The highest BCUT2D eigenvalue weighted by molar-refractivity contribution is 7.11. The van der Waals surface area contributed by atoms with Crippen LogP contribution in [0.4, 0.5) is 0 Å². The smallest absolute Gasteiger partial charge is 0.255 e. The predicted molar refractivity (Wildman–Crippen MR) is 99.2 cm³/mol. The van der Waals surface area contributed by atoms with Crippen LogP contribution in [0.5, 0.6) is 0 Å². The topological polar surface area (TPSA) is 36.4 Å². The summed E-state index contributed by atoms with van der Waals surface area (Å²) in [5.74, 6) is -0.0527. The van der Waals surface area contributed by atoms with Crippen LogP contribution in [-0.4, -0.2) is 46.9 Å². The lowest BCUT2D eigenvalue weighted by Gasteiger charge is -2.34. The molecule has 0 atom stereocenters. The molecule has 1 amide bonds. The van der Waals surface area contributed by atoms with Crippen molar-refractivity contribution in [3.63, 3.8) is 0 Å². The highest BCUT2D eigenvalue weighted by atomic mass is 35.5. The summed E-state index contributed by atoms with van der Waals surface area (Å²) in [5, 5.41) is 2.11. The quantitative estimate of drug-likeness (QED) is 0.802. The van der Waals surface area contributed by atoms with Crippen LogP contribution in [0.2, 0.25) is 10.0 Å². The maximum Gasteiger partial charge on any atom is 0.255 e. The highest BCUT2D eigenvalue weighted by Gasteiger charge is 2.24. The first-order valence-corrected chi connectivity index (χ1v) is 9.41. The molecule has 1 aromatic heterocycles. The van der Waals surface area contributed by atoms with Crippen molar-refractivity contribution in [3.05, 3.63) is 49.4 Å². The van der Waals surface area contributed by atoms with E-state index in [-0.39, 0.29) is 5.91 Å². The van der Waals surface area contributed by atoms with Crippen molar-refractivity contribution in [2.24, 2.45) is 0 Å². The second-order valence-electron chi connectivity index (χ2n) is 5.94. The summed E-state index contributed by atoms with van der Waals surface area (Å²) in [7, 11) is 0. The highest BCUT2D eigenvalue weighted by Crippen LogP contribution is 2.23. The monoisotopic (exact) mass is 383 g/mol. The lowest BCUT2D eigenvalue weighted by atomic mass is 10.2. The molecule has 1 saturated heterocycles. The summed E-state index contributed by atoms with van der Waals surface area (Å²) in [6.07, 6.45) is 0. The van der Waals surface area contributed by atoms with E-state index in [9.17, 15) is 4.79 Å². The number of carbonyl (C=O) groups is 1. The van der Waals surface area contributed by atoms with Gasteiger partial charge in [0.05, 0.1) is 22.8 Å². The van der Waals surface area contributed by atoms with Crippen LogP contribution >= 0.6 is 34.5 Å². The van der Waals surface area contributed by atoms with E-state index in [1.54, 1.807) is 29.5 Å². The minimum atomic E-state index is -0.0527. The molecule has 1 aliphatic heterocycles. The van der Waals surface area contributed by atoms with Gasteiger partial charge in [0.2, 0.25) is 0 Å². The molecule has 1 aliphatic rings. The fourth-order valence-electron chi connectivity index (χ4n) is 2.74. The van der Waals surface area contributed by atoms with Gasteiger partial charge < -0.3 is 4.90 Å². The van der Waals surface area contributed by atoms with Gasteiger partial charge in [-0.3, -0.25) is 9.69 Å². The van der Waals surface area contributed by atoms with Crippen LogP contribution in [0, 0.1) is 13.8 Å². The first kappa shape index (κ1) is 17.7. The molecule has 128 valence electrons. The normalized spacial score (nSPS) is 15.8. The molecule has 0 aliphatic carbocycles. The molecular weight excluding hydrogens is 365 g/mol. The lowest BCUT2D eigenvalue weighted by molar-refractivity contribution is 0.0628. The Bertz CT molecular complexity index is 735. The zero-order valence-corrected chi connectivity index (χ0v) is 16.0. The first-order valence-electron chi connectivity index (χ1n) is 7.83. The van der Waals surface area contributed by atoms with E-state index in [4.69, 9.17) is 23.2 Å². The summed E-state index contributed by atoms with van der Waals surface area (Å²) < 4.78 is 0. The Hall–Kier alpha value is -1.14. The SMILES string of the molecule is Cc1nc(CN2CCN(C(=O)c3cc(Cl)ccc3Cl)CC2)sc1C. The number of aromatic nitrogens is 1. The third kappa shape index (κ3) is 3.91. The number of rotatable bonds is 3. The van der Waals surface area contributed by atoms with Crippen LogP contribution in [0.1, 0.15) is 25.9 Å². The van der Waals surface area contributed by atoms with Gasteiger partial charge in [-0.15, -0.1) is 11.3 Å². The second kappa shape index (κ2) is 7.40. The Kier molecular flexibility index (Phi) is 5.45. The van der Waals surface area contributed by atoms with Gasteiger partial charge in [-0.1, -0.05) is 23.2 Å². The molecule has 2 heterocycles. The van der Waals surface area contributed by atoms with Gasteiger partial charge >= 0.3 is 0 Å². The molecule has 0 saturated carbocycles. The van der Waals surface area contributed by atoms with Crippen LogP contribution in [-0.2, 0) is 6.54 Å². The van der Waals surface area contributed by atoms with Crippen molar-refractivity contribution in [3.8, 4) is 0 Å². The van der Waals surface area contributed by atoms with E-state index < -0.39 is 0 Å². The molecule has 0 unspecified atom stereocenters. The van der Waals surface area contributed by atoms with Crippen molar-refractivity contribution >= 4 is 40.4 Å². The fraction of sp³-hybridized carbons (Fsp3) is 0.412. The second-order valence-corrected chi connectivity index (χ2v) is 8.07. The van der Waals surface area contributed by atoms with Gasteiger partial charge in [0.15, 0.2) is 0 Å². The number of hydrogen-bond donors (Lipinski definition) is 0. The molecule has 7 heteroatoms. The van der Waals surface area contributed by atoms with Gasteiger partial charge in [-0.25, -0.2) is 4.98 Å². The van der Waals surface area contributed by atoms with Gasteiger partial charge in [0.1, 0.15) is 5.01 Å². The Morgan fingerprint density at radius 3 is 2.54 bits per heavy atom. The van der Waals surface area contributed by atoms with E-state index in [2.05, 4.69) is 16.8 Å². The van der Waals surface area contributed by atoms with Crippen molar-refractivity contribution in [1.29, 1.82) is 0 Å². The molecule has 0 spiro atoms. The van der Waals surface area contributed by atoms with Crippen molar-refractivity contribution in [2.45, 2.75) is 20.4 Å². The largest absolute Gasteiger partial charge is 0.336 e. The number of thiazole rings is 1. The van der Waals surface area contributed by atoms with Gasteiger partial charge in [0.25, 0.3) is 5.91 Å². The first-order chi connectivity index (χ1) is 11.4. The molecule has 0 radical (unpaired) electrons. The summed E-state index contributed by atoms with van der Waals surface area (Å²) >= 11 is 13.9. The maximum atomic E-state index is 12.6. The number of carbonyl (C=O) groups excluding carboxylic acids is 1. The standard InChI is InChI=1S/C17H19Cl2N3OS/c1-11-12(2)24-16(20-11)10-21-5-7-22(8-6-21)17(23)14-9-13(18)3-4-15(14)19/h3-4,9H,5-8,10H2,1-2H3. The molecule has 4 nitrogen and oxygen atoms in total. The number of benzene rings is 1. The van der Waals surface area contributed by atoms with Gasteiger partial charge in [-0.05, 0) is 32.0 Å². The van der Waals surface area contributed by atoms with Gasteiger partial charge in [-0.2, -0.15) is 0 Å².